The lowest BCUT2D eigenvalue weighted by molar-refractivity contribution is -0.150. The molecule has 0 aromatic carbocycles. The van der Waals surface area contributed by atoms with Crippen molar-refractivity contribution in [2.24, 2.45) is 0 Å². The molecule has 87 heavy (non-hydrogen) atoms. The van der Waals surface area contributed by atoms with Crippen molar-refractivity contribution in [3.63, 3.8) is 0 Å². The topological polar surface area (TPSA) is 476 Å². The summed E-state index contributed by atoms with van der Waals surface area (Å²) in [5.74, 6) is -0.920. The first-order chi connectivity index (χ1) is 37.3. The van der Waals surface area contributed by atoms with Crippen LogP contribution >= 0.6 is 79.5 Å². The molecule has 0 rings (SSSR count). The van der Waals surface area contributed by atoms with Gasteiger partial charge in [-0.2, -0.15) is 4.31 Å². The predicted molar refractivity (Wildman–Crippen MR) is 343 cm³/mol. The molecule has 0 spiro atoms. The van der Waals surface area contributed by atoms with Gasteiger partial charge >= 0.3 is 65.8 Å². The average Bonchev–Trinajstić information content (AvgIpc) is 3.25. The Morgan fingerprint density at radius 3 is 1.01 bits per heavy atom. The normalized spacial score (nSPS) is 17.8. The van der Waals surface area contributed by atoms with Crippen LogP contribution in [-0.4, -0.2) is 177 Å². The lowest BCUT2D eigenvalue weighted by Gasteiger charge is -2.46. The zero-order valence-corrected chi connectivity index (χ0v) is 66.2. The molecule has 0 amide bonds. The van der Waals surface area contributed by atoms with Gasteiger partial charge in [-0.05, 0) is 157 Å². The van der Waals surface area contributed by atoms with E-state index in [-0.39, 0.29) is 28.1 Å². The van der Waals surface area contributed by atoms with Gasteiger partial charge in [0.15, 0.2) is 5.12 Å². The van der Waals surface area contributed by atoms with Crippen LogP contribution in [0.2, 0.25) is 0 Å². The molecule has 0 aliphatic rings. The highest BCUT2D eigenvalue weighted by atomic mass is 32.4. The van der Waals surface area contributed by atoms with Gasteiger partial charge < -0.3 is 62.6 Å². The van der Waals surface area contributed by atoms with E-state index in [0.717, 1.165) is 11.8 Å². The molecular formula is C43H103N2O30P9S3. The van der Waals surface area contributed by atoms with E-state index in [4.69, 9.17) is 78.5 Å². The summed E-state index contributed by atoms with van der Waals surface area (Å²) in [6, 6.07) is 0. The molecule has 0 aromatic heterocycles. The zero-order valence-electron chi connectivity index (χ0n) is 55.7. The van der Waals surface area contributed by atoms with Crippen LogP contribution in [0.5, 0.6) is 0 Å². The summed E-state index contributed by atoms with van der Waals surface area (Å²) in [6.45, 7) is 37.3. The molecule has 0 heterocycles. The number of ether oxygens (including phenoxy) is 2. The van der Waals surface area contributed by atoms with Crippen molar-refractivity contribution < 1.29 is 140 Å². The van der Waals surface area contributed by atoms with E-state index < -0.39 is 121 Å². The number of thioether (sulfide) groups is 1. The van der Waals surface area contributed by atoms with Crippen LogP contribution in [0.3, 0.4) is 0 Å². The Hall–Kier alpha value is 0.880. The molecule has 0 aromatic rings. The molecule has 0 aliphatic heterocycles. The number of likely N-dealkylation sites (N-methyl/N-ethyl adjacent to an activating group) is 2. The second-order valence-corrected chi connectivity index (χ2v) is 50.6. The van der Waals surface area contributed by atoms with Crippen LogP contribution in [0.15, 0.2) is 0 Å². The largest absolute Gasteiger partial charge is 0.488 e. The van der Waals surface area contributed by atoms with Crippen LogP contribution in [-0.2, 0) is 114 Å². The van der Waals surface area contributed by atoms with Crippen molar-refractivity contribution in [3.8, 4) is 0 Å². The van der Waals surface area contributed by atoms with Crippen LogP contribution in [0.4, 0.5) is 0 Å². The van der Waals surface area contributed by atoms with Gasteiger partial charge in [0.25, 0.3) is 7.52 Å². The van der Waals surface area contributed by atoms with Crippen molar-refractivity contribution in [1.29, 1.82) is 0 Å². The van der Waals surface area contributed by atoms with Crippen molar-refractivity contribution in [1.82, 2.24) is 9.34 Å². The monoisotopic (exact) mass is 1500 g/mol. The fourth-order valence-corrected chi connectivity index (χ4v) is 18.6. The average molecular weight is 1500 g/mol. The standard InChI is InChI=1S/C11H24NO4P.C11H24NO3PS.C9H19O5PS2.C4H13O9P3.C4H12O6P2.C4H11O3P/c1-10(2,3)17(14,16-8)12(6)11(4,5)9(13)15-7;1-10(2,3)16(17,15-8)12(6)11(4,5)9(13)14-7;1-8(10)16-6-13-15(11,9(2,3)4)14-7-17(5)12;1-4(2,3)14(5,6)12-16(10,11)13-15(7,8)9;1-4(2,3)11(5,6)10-12(7,8)9;1-4(2,3)8(5,6)7/h2*1-8H3;6-7H2,1-5H3;1-3H3,(H,5,6)(H,10,11)(H2,7,8,9);1-3H3,(H,5,6)(H2,7,8,9);1-3H3,(H2,5,6,7). The SMILES string of the molecule is CC(=O)SCOP(=O)(OCS(C)=O)C(C)(C)C.CC(C)(C)P(=O)(O)O.CC(C)(C)P(=O)(O)OP(=O)(O)O.CC(C)(C)P(=O)(O)OP(=O)(O)OP(=O)(O)O.COC(=O)C(C)(C)N(C)P(=O)(OC)C(C)(C)C.COC(=O)C(C)(C)N(C)P(=S)(OC)C(C)(C)C. The molecule has 9 N–H and O–H groups in total. The molecule has 0 fully saturated rings. The maximum Gasteiger partial charge on any atom is 0.488 e. The second kappa shape index (κ2) is 36.3. The minimum atomic E-state index is -5.31. The number of esters is 2. The summed E-state index contributed by atoms with van der Waals surface area (Å²) in [6.07, 6.45) is -0.842. The van der Waals surface area contributed by atoms with E-state index in [1.165, 1.54) is 101 Å². The van der Waals surface area contributed by atoms with E-state index in [1.807, 2.05) is 53.3 Å². The molecule has 7 unspecified atom stereocenters. The molecule has 32 nitrogen and oxygen atoms in total. The maximum absolute atomic E-state index is 12.9. The molecular weight excluding hydrogens is 1400 g/mol. The number of hydrogen-bond acceptors (Lipinski definition) is 23. The van der Waals surface area contributed by atoms with E-state index in [9.17, 15) is 60.0 Å². The maximum atomic E-state index is 12.9. The van der Waals surface area contributed by atoms with E-state index in [1.54, 1.807) is 62.6 Å². The Morgan fingerprint density at radius 2 is 0.805 bits per heavy atom. The Morgan fingerprint density at radius 1 is 0.483 bits per heavy atom. The summed E-state index contributed by atoms with van der Waals surface area (Å²) in [5, 5.41) is -5.13. The number of rotatable bonds is 20. The lowest BCUT2D eigenvalue weighted by atomic mass is 10.1. The highest BCUT2D eigenvalue weighted by Crippen LogP contribution is 2.70. The Labute approximate surface area is 527 Å². The molecule has 0 saturated carbocycles. The number of phosphoric acid groups is 3. The van der Waals surface area contributed by atoms with Gasteiger partial charge in [0, 0.05) is 43.4 Å². The molecule has 0 saturated heterocycles. The number of methoxy groups -OCH3 is 2. The number of nitrogens with zero attached hydrogens (tertiary/aromatic N) is 2. The van der Waals surface area contributed by atoms with Gasteiger partial charge in [0.2, 0.25) is 0 Å². The summed E-state index contributed by atoms with van der Waals surface area (Å²) in [7, 11) is -26.8. The van der Waals surface area contributed by atoms with Crippen LogP contribution < -0.4 is 0 Å². The molecule has 0 aliphatic carbocycles. The number of carbonyl (C=O) groups excluding carboxylic acids is 3. The van der Waals surface area contributed by atoms with Gasteiger partial charge in [-0.25, -0.2) is 31.7 Å². The smallest absolute Gasteiger partial charge is 0.468 e. The zero-order chi connectivity index (χ0) is 72.4. The van der Waals surface area contributed by atoms with Gasteiger partial charge in [0.05, 0.1) is 40.0 Å². The van der Waals surface area contributed by atoms with Crippen molar-refractivity contribution in [2.75, 3.05) is 60.7 Å². The number of hydrogen-bond donors (Lipinski definition) is 9. The van der Waals surface area contributed by atoms with Crippen molar-refractivity contribution in [2.45, 2.75) is 201 Å². The van der Waals surface area contributed by atoms with Crippen molar-refractivity contribution >= 4 is 119 Å². The second-order valence-electron chi connectivity index (χ2n) is 25.1. The molecule has 0 bridgehead atoms. The summed E-state index contributed by atoms with van der Waals surface area (Å²) >= 11 is 6.60. The molecule has 44 heteroatoms. The number of carbonyl (C=O) groups is 3. The van der Waals surface area contributed by atoms with Gasteiger partial charge in [0.1, 0.15) is 29.4 Å². The van der Waals surface area contributed by atoms with Gasteiger partial charge in [-0.15, -0.1) is 0 Å². The lowest BCUT2D eigenvalue weighted by Crippen LogP contribution is -2.49. The first-order valence-corrected chi connectivity index (χ1v) is 42.8. The molecule has 7 atom stereocenters. The Kier molecular flexibility index (Phi) is 41.3. The van der Waals surface area contributed by atoms with Crippen molar-refractivity contribution in [3.05, 3.63) is 0 Å². The fraction of sp³-hybridized carbons (Fsp3) is 0.930. The molecule has 0 radical (unpaired) electrons. The third-order valence-corrected chi connectivity index (χ3v) is 34.9. The summed E-state index contributed by atoms with van der Waals surface area (Å²) in [4.78, 5) is 111. The third kappa shape index (κ3) is 36.0. The summed E-state index contributed by atoms with van der Waals surface area (Å²) < 4.78 is 146. The Balaban J connectivity index is -0.000000229. The fourth-order valence-electron chi connectivity index (χ4n) is 4.54. The Bertz CT molecular complexity index is 2620. The van der Waals surface area contributed by atoms with Crippen LogP contribution in [0, 0.1) is 0 Å². The third-order valence-electron chi connectivity index (χ3n) is 10.9. The molecule has 528 valence electrons. The van der Waals surface area contributed by atoms with E-state index in [2.05, 4.69) is 12.9 Å². The minimum absolute atomic E-state index is 0.0275. The first kappa shape index (κ1) is 98.9. The predicted octanol–water partition coefficient (Wildman–Crippen LogP) is 11.0. The van der Waals surface area contributed by atoms with E-state index in [0.29, 0.717) is 0 Å². The highest BCUT2D eigenvalue weighted by molar-refractivity contribution is 8.13. The van der Waals surface area contributed by atoms with Gasteiger partial charge in [-0.1, -0.05) is 32.5 Å². The highest BCUT2D eigenvalue weighted by Gasteiger charge is 2.51. The quantitative estimate of drug-likeness (QED) is 0.0310. The van der Waals surface area contributed by atoms with Gasteiger partial charge in [-0.3, -0.25) is 50.5 Å². The van der Waals surface area contributed by atoms with Crippen LogP contribution in [0.1, 0.15) is 159 Å². The minimum Gasteiger partial charge on any atom is -0.468 e. The summed E-state index contributed by atoms with van der Waals surface area (Å²) in [5.41, 5.74) is -1.80. The van der Waals surface area contributed by atoms with E-state index >= 15 is 0 Å². The van der Waals surface area contributed by atoms with Crippen LogP contribution in [0.25, 0.3) is 0 Å². The first-order valence-electron chi connectivity index (χ1n) is 24.9.